The molecule has 0 bridgehead atoms. The van der Waals surface area contributed by atoms with Gasteiger partial charge in [0, 0.05) is 11.1 Å². The van der Waals surface area contributed by atoms with Gasteiger partial charge >= 0.3 is 0 Å². The van der Waals surface area contributed by atoms with Gasteiger partial charge in [0.05, 0.1) is 5.69 Å². The first-order valence-corrected chi connectivity index (χ1v) is 10.4. The standard InChI is InChI=1S/C26H17ClN2O3/c27-23-24(28-18-13-15-20(16-14-18)32-19-9-2-1-3-10-19)26(31)29(25(23)30)22-12-6-8-17-7-4-5-11-21(17)22/h1-16,28H. The number of anilines is 2. The van der Waals surface area contributed by atoms with E-state index in [1.165, 1.54) is 0 Å². The van der Waals surface area contributed by atoms with Crippen LogP contribution in [-0.4, -0.2) is 11.8 Å². The van der Waals surface area contributed by atoms with Gasteiger partial charge < -0.3 is 10.1 Å². The van der Waals surface area contributed by atoms with E-state index in [4.69, 9.17) is 16.3 Å². The predicted octanol–water partition coefficient (Wildman–Crippen LogP) is 6.07. The number of fused-ring (bicyclic) bond motifs is 1. The van der Waals surface area contributed by atoms with Gasteiger partial charge in [-0.2, -0.15) is 0 Å². The van der Waals surface area contributed by atoms with Crippen molar-refractivity contribution in [1.29, 1.82) is 0 Å². The molecule has 0 radical (unpaired) electrons. The molecule has 4 aromatic carbocycles. The van der Waals surface area contributed by atoms with Gasteiger partial charge in [-0.05, 0) is 47.9 Å². The van der Waals surface area contributed by atoms with Crippen LogP contribution in [0.4, 0.5) is 11.4 Å². The van der Waals surface area contributed by atoms with Crippen LogP contribution >= 0.6 is 11.6 Å². The highest BCUT2D eigenvalue weighted by molar-refractivity contribution is 6.53. The van der Waals surface area contributed by atoms with Crippen LogP contribution in [0.3, 0.4) is 0 Å². The first-order valence-electron chi connectivity index (χ1n) is 9.98. The summed E-state index contributed by atoms with van der Waals surface area (Å²) in [7, 11) is 0. The Balaban J connectivity index is 1.39. The van der Waals surface area contributed by atoms with Crippen LogP contribution in [0.5, 0.6) is 11.5 Å². The smallest absolute Gasteiger partial charge is 0.283 e. The molecule has 0 saturated carbocycles. The van der Waals surface area contributed by atoms with Gasteiger partial charge in [0.2, 0.25) is 0 Å². The van der Waals surface area contributed by atoms with Crippen LogP contribution in [-0.2, 0) is 9.59 Å². The van der Waals surface area contributed by atoms with Crippen molar-refractivity contribution in [3.63, 3.8) is 0 Å². The number of carbonyl (C=O) groups excluding carboxylic acids is 2. The molecule has 0 aromatic heterocycles. The summed E-state index contributed by atoms with van der Waals surface area (Å²) in [5.74, 6) is 0.315. The zero-order valence-electron chi connectivity index (χ0n) is 16.8. The van der Waals surface area contributed by atoms with Crippen molar-refractivity contribution >= 4 is 45.6 Å². The topological polar surface area (TPSA) is 58.6 Å². The zero-order valence-corrected chi connectivity index (χ0v) is 17.5. The normalized spacial score (nSPS) is 13.7. The number of nitrogens with one attached hydrogen (secondary N) is 1. The maximum atomic E-state index is 13.2. The van der Waals surface area contributed by atoms with Gasteiger partial charge in [-0.25, -0.2) is 4.90 Å². The number of para-hydroxylation sites is 1. The summed E-state index contributed by atoms with van der Waals surface area (Å²) in [5, 5.41) is 4.57. The minimum atomic E-state index is -0.556. The van der Waals surface area contributed by atoms with Gasteiger partial charge in [-0.1, -0.05) is 66.2 Å². The number of ether oxygens (including phenoxy) is 1. The molecule has 0 unspecified atom stereocenters. The molecule has 6 heteroatoms. The number of hydrogen-bond donors (Lipinski definition) is 1. The first kappa shape index (κ1) is 19.8. The quantitative estimate of drug-likeness (QED) is 0.383. The molecule has 0 atom stereocenters. The largest absolute Gasteiger partial charge is 0.457 e. The Bertz CT molecular complexity index is 1360. The lowest BCUT2D eigenvalue weighted by molar-refractivity contribution is -0.120. The summed E-state index contributed by atoms with van der Waals surface area (Å²) in [6.07, 6.45) is 0. The van der Waals surface area contributed by atoms with Crippen molar-refractivity contribution in [2.24, 2.45) is 0 Å². The van der Waals surface area contributed by atoms with E-state index < -0.39 is 11.8 Å². The van der Waals surface area contributed by atoms with Crippen molar-refractivity contribution in [1.82, 2.24) is 0 Å². The number of carbonyl (C=O) groups is 2. The molecular weight excluding hydrogens is 424 g/mol. The fourth-order valence-corrected chi connectivity index (χ4v) is 3.82. The van der Waals surface area contributed by atoms with Crippen LogP contribution in [0, 0.1) is 0 Å². The number of imide groups is 1. The van der Waals surface area contributed by atoms with Crippen molar-refractivity contribution in [2.75, 3.05) is 10.2 Å². The SMILES string of the molecule is O=C1C(Cl)=C(Nc2ccc(Oc3ccccc3)cc2)C(=O)N1c1cccc2ccccc12. The van der Waals surface area contributed by atoms with E-state index in [-0.39, 0.29) is 10.7 Å². The molecular formula is C26H17ClN2O3. The highest BCUT2D eigenvalue weighted by atomic mass is 35.5. The molecule has 2 amide bonds. The van der Waals surface area contributed by atoms with Crippen molar-refractivity contribution in [3.8, 4) is 11.5 Å². The average Bonchev–Trinajstić information content (AvgIpc) is 3.03. The lowest BCUT2D eigenvalue weighted by Gasteiger charge is -2.17. The molecule has 5 nitrogen and oxygen atoms in total. The maximum absolute atomic E-state index is 13.2. The van der Waals surface area contributed by atoms with Gasteiger partial charge in [-0.15, -0.1) is 0 Å². The van der Waals surface area contributed by atoms with Crippen LogP contribution < -0.4 is 15.0 Å². The van der Waals surface area contributed by atoms with Crippen molar-refractivity contribution < 1.29 is 14.3 Å². The Morgan fingerprint density at radius 1 is 0.688 bits per heavy atom. The van der Waals surface area contributed by atoms with E-state index in [9.17, 15) is 9.59 Å². The van der Waals surface area contributed by atoms with Crippen molar-refractivity contribution in [3.05, 3.63) is 108 Å². The van der Waals surface area contributed by atoms with Crippen LogP contribution in [0.2, 0.25) is 0 Å². The summed E-state index contributed by atoms with van der Waals surface area (Å²) in [4.78, 5) is 27.1. The summed E-state index contributed by atoms with van der Waals surface area (Å²) in [6, 6.07) is 29.5. The maximum Gasteiger partial charge on any atom is 0.283 e. The second-order valence-electron chi connectivity index (χ2n) is 7.20. The molecule has 5 rings (SSSR count). The molecule has 1 aliphatic rings. The molecule has 0 spiro atoms. The fourth-order valence-electron chi connectivity index (χ4n) is 3.61. The van der Waals surface area contributed by atoms with Crippen LogP contribution in [0.25, 0.3) is 10.8 Å². The molecule has 4 aromatic rings. The van der Waals surface area contributed by atoms with Gasteiger partial charge in [0.25, 0.3) is 11.8 Å². The molecule has 1 aliphatic heterocycles. The third-order valence-corrected chi connectivity index (χ3v) is 5.49. The highest BCUT2D eigenvalue weighted by Gasteiger charge is 2.39. The first-order chi connectivity index (χ1) is 15.6. The number of hydrogen-bond acceptors (Lipinski definition) is 4. The number of halogens is 1. The van der Waals surface area contributed by atoms with Crippen LogP contribution in [0.15, 0.2) is 108 Å². The van der Waals surface area contributed by atoms with E-state index in [0.717, 1.165) is 21.4 Å². The predicted molar refractivity (Wildman–Crippen MR) is 126 cm³/mol. The van der Waals surface area contributed by atoms with Gasteiger partial charge in [0.15, 0.2) is 0 Å². The summed E-state index contributed by atoms with van der Waals surface area (Å²) >= 11 is 6.29. The zero-order chi connectivity index (χ0) is 22.1. The lowest BCUT2D eigenvalue weighted by atomic mass is 10.1. The fraction of sp³-hybridized carbons (Fsp3) is 0. The van der Waals surface area contributed by atoms with E-state index in [0.29, 0.717) is 17.1 Å². The molecule has 0 saturated heterocycles. The lowest BCUT2D eigenvalue weighted by Crippen LogP contribution is -2.32. The Morgan fingerprint density at radius 3 is 2.12 bits per heavy atom. The monoisotopic (exact) mass is 440 g/mol. The Hall–Kier alpha value is -4.09. The Labute approximate surface area is 189 Å². The number of rotatable bonds is 5. The minimum absolute atomic E-state index is 0.0429. The Kier molecular flexibility index (Phi) is 5.09. The third-order valence-electron chi connectivity index (χ3n) is 5.14. The second-order valence-corrected chi connectivity index (χ2v) is 7.58. The van der Waals surface area contributed by atoms with Crippen LogP contribution in [0.1, 0.15) is 0 Å². The van der Waals surface area contributed by atoms with Crippen molar-refractivity contribution in [2.45, 2.75) is 0 Å². The second kappa shape index (κ2) is 8.21. The number of benzene rings is 4. The van der Waals surface area contributed by atoms with Gasteiger partial charge in [-0.3, -0.25) is 9.59 Å². The summed E-state index contributed by atoms with van der Waals surface area (Å²) in [6.45, 7) is 0. The highest BCUT2D eigenvalue weighted by Crippen LogP contribution is 2.34. The van der Waals surface area contributed by atoms with E-state index >= 15 is 0 Å². The minimum Gasteiger partial charge on any atom is -0.457 e. The average molecular weight is 441 g/mol. The molecule has 1 N–H and O–H groups in total. The van der Waals surface area contributed by atoms with E-state index in [1.807, 2.05) is 66.7 Å². The molecule has 32 heavy (non-hydrogen) atoms. The summed E-state index contributed by atoms with van der Waals surface area (Å²) < 4.78 is 5.78. The molecule has 156 valence electrons. The number of nitrogens with zero attached hydrogens (tertiary/aromatic N) is 1. The third kappa shape index (κ3) is 3.59. The van der Waals surface area contributed by atoms with E-state index in [2.05, 4.69) is 5.32 Å². The van der Waals surface area contributed by atoms with Gasteiger partial charge in [0.1, 0.15) is 22.2 Å². The van der Waals surface area contributed by atoms with E-state index in [1.54, 1.807) is 30.3 Å². The molecule has 0 aliphatic carbocycles. The molecule has 0 fully saturated rings. The Morgan fingerprint density at radius 2 is 1.34 bits per heavy atom. The molecule has 1 heterocycles. The summed E-state index contributed by atoms with van der Waals surface area (Å²) in [5.41, 5.74) is 1.15. The number of amides is 2.